The Morgan fingerprint density at radius 2 is 2.22 bits per heavy atom. The number of nitrogens with one attached hydrogen (secondary N) is 1. The van der Waals surface area contributed by atoms with Gasteiger partial charge in [-0.05, 0) is 44.2 Å². The molecule has 0 aliphatic carbocycles. The zero-order valence-electron chi connectivity index (χ0n) is 13.3. The van der Waals surface area contributed by atoms with Crippen LogP contribution in [0.2, 0.25) is 0 Å². The molecule has 2 atom stereocenters. The van der Waals surface area contributed by atoms with Gasteiger partial charge in [0.15, 0.2) is 0 Å². The molecule has 0 saturated carbocycles. The second-order valence-corrected chi connectivity index (χ2v) is 6.56. The molecule has 4 rings (SSSR count). The fraction of sp³-hybridized carbons (Fsp3) is 0.556. The molecule has 5 heteroatoms. The van der Waals surface area contributed by atoms with E-state index < -0.39 is 0 Å². The first-order valence-electron chi connectivity index (χ1n) is 8.67. The minimum atomic E-state index is 0.0967. The van der Waals surface area contributed by atoms with Crippen LogP contribution < -0.4 is 0 Å². The second-order valence-electron chi connectivity index (χ2n) is 6.56. The van der Waals surface area contributed by atoms with Gasteiger partial charge in [-0.2, -0.15) is 0 Å². The first-order valence-corrected chi connectivity index (χ1v) is 8.67. The van der Waals surface area contributed by atoms with Crippen LogP contribution in [-0.4, -0.2) is 40.0 Å². The van der Waals surface area contributed by atoms with Crippen molar-refractivity contribution in [2.45, 2.75) is 50.7 Å². The van der Waals surface area contributed by atoms with E-state index in [1.54, 1.807) is 0 Å². The van der Waals surface area contributed by atoms with Crippen LogP contribution in [0.25, 0.3) is 11.0 Å². The Hall–Kier alpha value is -1.88. The number of amides is 1. The fourth-order valence-corrected chi connectivity index (χ4v) is 3.78. The maximum Gasteiger partial charge on any atom is 0.223 e. The smallest absolute Gasteiger partial charge is 0.223 e. The van der Waals surface area contributed by atoms with E-state index in [1.165, 1.54) is 0 Å². The Labute approximate surface area is 136 Å². The van der Waals surface area contributed by atoms with Crippen molar-refractivity contribution in [3.63, 3.8) is 0 Å². The summed E-state index contributed by atoms with van der Waals surface area (Å²) in [6.07, 6.45) is 5.98. The van der Waals surface area contributed by atoms with Crippen LogP contribution in [0.1, 0.15) is 50.4 Å². The number of carbonyl (C=O) groups is 1. The molecule has 2 aliphatic heterocycles. The maximum atomic E-state index is 12.6. The molecule has 1 amide bonds. The van der Waals surface area contributed by atoms with Gasteiger partial charge in [0.2, 0.25) is 5.91 Å². The zero-order valence-corrected chi connectivity index (χ0v) is 13.3. The Morgan fingerprint density at radius 1 is 1.30 bits per heavy atom. The number of rotatable bonds is 4. The number of para-hydroxylation sites is 2. The number of H-pyrrole nitrogens is 1. The van der Waals surface area contributed by atoms with E-state index in [4.69, 9.17) is 9.72 Å². The highest BCUT2D eigenvalue weighted by molar-refractivity contribution is 5.78. The molecule has 122 valence electrons. The highest BCUT2D eigenvalue weighted by atomic mass is 16.5. The monoisotopic (exact) mass is 313 g/mol. The Balaban J connectivity index is 1.46. The van der Waals surface area contributed by atoms with Crippen molar-refractivity contribution >= 4 is 16.9 Å². The average molecular weight is 313 g/mol. The molecule has 2 fully saturated rings. The van der Waals surface area contributed by atoms with Crippen molar-refractivity contribution in [1.29, 1.82) is 0 Å². The molecule has 1 N–H and O–H groups in total. The van der Waals surface area contributed by atoms with E-state index in [1.807, 2.05) is 29.2 Å². The Morgan fingerprint density at radius 3 is 3.04 bits per heavy atom. The number of hydrogen-bond acceptors (Lipinski definition) is 3. The van der Waals surface area contributed by atoms with Crippen LogP contribution in [0, 0.1) is 0 Å². The van der Waals surface area contributed by atoms with Gasteiger partial charge >= 0.3 is 0 Å². The Kier molecular flexibility index (Phi) is 4.04. The highest BCUT2D eigenvalue weighted by Crippen LogP contribution is 2.32. The van der Waals surface area contributed by atoms with Crippen LogP contribution >= 0.6 is 0 Å². The van der Waals surface area contributed by atoms with Gasteiger partial charge in [0.1, 0.15) is 5.82 Å². The number of carbonyl (C=O) groups excluding carboxylic acids is 1. The molecule has 0 radical (unpaired) electrons. The quantitative estimate of drug-likeness (QED) is 0.943. The van der Waals surface area contributed by atoms with Crippen molar-refractivity contribution in [3.8, 4) is 0 Å². The van der Waals surface area contributed by atoms with Gasteiger partial charge < -0.3 is 14.6 Å². The number of benzene rings is 1. The molecular formula is C18H23N3O2. The van der Waals surface area contributed by atoms with Crippen LogP contribution in [0.15, 0.2) is 24.3 Å². The van der Waals surface area contributed by atoms with Crippen molar-refractivity contribution in [3.05, 3.63) is 30.1 Å². The lowest BCUT2D eigenvalue weighted by Gasteiger charge is -2.23. The van der Waals surface area contributed by atoms with Crippen LogP contribution in [0.4, 0.5) is 0 Å². The molecule has 0 unspecified atom stereocenters. The molecule has 3 heterocycles. The van der Waals surface area contributed by atoms with Crippen LogP contribution in [0.3, 0.4) is 0 Å². The molecular weight excluding hydrogens is 290 g/mol. The summed E-state index contributed by atoms with van der Waals surface area (Å²) in [6, 6.07) is 8.13. The van der Waals surface area contributed by atoms with E-state index in [2.05, 4.69) is 4.98 Å². The number of imidazole rings is 1. The SMILES string of the molecule is O=C(CC[C@@H]1CCCO1)N1CCC[C@@H]1c1nc2ccccc2[nH]1. The van der Waals surface area contributed by atoms with E-state index in [0.717, 1.165) is 62.1 Å². The summed E-state index contributed by atoms with van der Waals surface area (Å²) in [6.45, 7) is 1.69. The number of aromatic amines is 1. The average Bonchev–Trinajstić information content (AvgIpc) is 3.31. The summed E-state index contributed by atoms with van der Waals surface area (Å²) < 4.78 is 5.63. The minimum Gasteiger partial charge on any atom is -0.378 e. The van der Waals surface area contributed by atoms with Gasteiger partial charge in [0.25, 0.3) is 0 Å². The minimum absolute atomic E-state index is 0.0967. The number of ether oxygens (including phenoxy) is 1. The summed E-state index contributed by atoms with van der Waals surface area (Å²) in [5, 5.41) is 0. The van der Waals surface area contributed by atoms with Crippen molar-refractivity contribution in [2.24, 2.45) is 0 Å². The topological polar surface area (TPSA) is 58.2 Å². The number of fused-ring (bicyclic) bond motifs is 1. The van der Waals surface area contributed by atoms with Crippen LogP contribution in [-0.2, 0) is 9.53 Å². The highest BCUT2D eigenvalue weighted by Gasteiger charge is 2.32. The van der Waals surface area contributed by atoms with E-state index >= 15 is 0 Å². The van der Waals surface area contributed by atoms with Crippen molar-refractivity contribution in [2.75, 3.05) is 13.2 Å². The zero-order chi connectivity index (χ0) is 15.6. The summed E-state index contributed by atoms with van der Waals surface area (Å²) in [4.78, 5) is 22.7. The van der Waals surface area contributed by atoms with Crippen LogP contribution in [0.5, 0.6) is 0 Å². The fourth-order valence-electron chi connectivity index (χ4n) is 3.78. The third kappa shape index (κ3) is 2.98. The number of nitrogens with zero attached hydrogens (tertiary/aromatic N) is 2. The largest absolute Gasteiger partial charge is 0.378 e. The third-order valence-corrected chi connectivity index (χ3v) is 5.00. The lowest BCUT2D eigenvalue weighted by Crippen LogP contribution is -2.31. The first-order chi connectivity index (χ1) is 11.3. The van der Waals surface area contributed by atoms with E-state index in [9.17, 15) is 4.79 Å². The van der Waals surface area contributed by atoms with Gasteiger partial charge in [-0.25, -0.2) is 4.98 Å². The normalized spacial score (nSPS) is 24.6. The second kappa shape index (κ2) is 6.32. The van der Waals surface area contributed by atoms with Crippen molar-refractivity contribution < 1.29 is 9.53 Å². The molecule has 23 heavy (non-hydrogen) atoms. The summed E-state index contributed by atoms with van der Waals surface area (Å²) >= 11 is 0. The molecule has 1 aromatic heterocycles. The molecule has 0 bridgehead atoms. The van der Waals surface area contributed by atoms with Crippen molar-refractivity contribution in [1.82, 2.24) is 14.9 Å². The summed E-state index contributed by atoms with van der Waals surface area (Å²) in [5.41, 5.74) is 2.02. The standard InChI is InChI=1S/C18H23N3O2/c22-17(10-9-13-5-4-12-23-13)21-11-3-8-16(21)18-19-14-6-1-2-7-15(14)20-18/h1-2,6-7,13,16H,3-5,8-12H2,(H,19,20)/t13-,16+/m0/s1. The van der Waals surface area contributed by atoms with Gasteiger partial charge in [-0.3, -0.25) is 4.79 Å². The molecule has 1 aromatic carbocycles. The van der Waals surface area contributed by atoms with E-state index in [-0.39, 0.29) is 18.1 Å². The Bertz CT molecular complexity index is 657. The number of aromatic nitrogens is 2. The predicted molar refractivity (Wildman–Crippen MR) is 88.0 cm³/mol. The first kappa shape index (κ1) is 14.7. The molecule has 5 nitrogen and oxygen atoms in total. The van der Waals surface area contributed by atoms with Gasteiger partial charge in [0, 0.05) is 19.6 Å². The summed E-state index contributed by atoms with van der Waals surface area (Å²) in [5.74, 6) is 1.16. The lowest BCUT2D eigenvalue weighted by molar-refractivity contribution is -0.132. The lowest BCUT2D eigenvalue weighted by atomic mass is 10.1. The molecule has 2 aromatic rings. The number of likely N-dealkylation sites (tertiary alicyclic amines) is 1. The molecule has 2 saturated heterocycles. The molecule has 2 aliphatic rings. The van der Waals surface area contributed by atoms with Gasteiger partial charge in [0.05, 0.1) is 23.2 Å². The van der Waals surface area contributed by atoms with E-state index in [0.29, 0.717) is 6.42 Å². The van der Waals surface area contributed by atoms with Gasteiger partial charge in [-0.1, -0.05) is 12.1 Å². The number of hydrogen-bond donors (Lipinski definition) is 1. The summed E-state index contributed by atoms with van der Waals surface area (Å²) in [7, 11) is 0. The predicted octanol–water partition coefficient (Wildman–Crippen LogP) is 3.19. The maximum absolute atomic E-state index is 12.6. The molecule has 0 spiro atoms. The van der Waals surface area contributed by atoms with Gasteiger partial charge in [-0.15, -0.1) is 0 Å². The third-order valence-electron chi connectivity index (χ3n) is 5.00.